The van der Waals surface area contributed by atoms with Gasteiger partial charge in [-0.05, 0) is 36.1 Å². The number of hydrogen-bond donors (Lipinski definition) is 1. The number of amides is 2. The SMILES string of the molecule is O=C(CCC1CCCCC1)Nc1ccc2c(c1)N(Cc1ccccc1)C(=O)CO2. The van der Waals surface area contributed by atoms with E-state index in [1.54, 1.807) is 4.90 Å². The molecule has 1 N–H and O–H groups in total. The fraction of sp³-hybridized carbons (Fsp3) is 0.417. The number of hydrogen-bond acceptors (Lipinski definition) is 3. The summed E-state index contributed by atoms with van der Waals surface area (Å²) in [5.74, 6) is 1.31. The number of carbonyl (C=O) groups excluding carboxylic acids is 2. The second kappa shape index (κ2) is 9.12. The third-order valence-electron chi connectivity index (χ3n) is 5.87. The van der Waals surface area contributed by atoms with E-state index in [1.165, 1.54) is 32.1 Å². The van der Waals surface area contributed by atoms with Crippen molar-refractivity contribution in [1.82, 2.24) is 0 Å². The van der Waals surface area contributed by atoms with Crippen LogP contribution in [-0.4, -0.2) is 18.4 Å². The van der Waals surface area contributed by atoms with Crippen LogP contribution in [0.25, 0.3) is 0 Å². The van der Waals surface area contributed by atoms with E-state index < -0.39 is 0 Å². The molecule has 1 heterocycles. The Labute approximate surface area is 172 Å². The number of anilines is 2. The van der Waals surface area contributed by atoms with Crippen LogP contribution in [0.4, 0.5) is 11.4 Å². The normalized spacial score (nSPS) is 16.8. The molecule has 1 aliphatic heterocycles. The molecule has 4 rings (SSSR count). The number of ether oxygens (including phenoxy) is 1. The van der Waals surface area contributed by atoms with Crippen LogP contribution in [-0.2, 0) is 16.1 Å². The monoisotopic (exact) mass is 392 g/mol. The Hall–Kier alpha value is -2.82. The van der Waals surface area contributed by atoms with Crippen molar-refractivity contribution in [3.05, 3.63) is 54.1 Å². The highest BCUT2D eigenvalue weighted by atomic mass is 16.5. The van der Waals surface area contributed by atoms with E-state index >= 15 is 0 Å². The topological polar surface area (TPSA) is 58.6 Å². The maximum absolute atomic E-state index is 12.5. The largest absolute Gasteiger partial charge is 0.482 e. The maximum Gasteiger partial charge on any atom is 0.265 e. The first kappa shape index (κ1) is 19.5. The maximum atomic E-state index is 12.5. The molecule has 2 aromatic rings. The highest BCUT2D eigenvalue weighted by Crippen LogP contribution is 2.35. The van der Waals surface area contributed by atoms with Gasteiger partial charge >= 0.3 is 0 Å². The summed E-state index contributed by atoms with van der Waals surface area (Å²) >= 11 is 0. The number of rotatable bonds is 6. The van der Waals surface area contributed by atoms with Crippen molar-refractivity contribution >= 4 is 23.2 Å². The third kappa shape index (κ3) is 4.97. The number of benzene rings is 2. The zero-order valence-corrected chi connectivity index (χ0v) is 16.7. The van der Waals surface area contributed by atoms with Gasteiger partial charge in [0.05, 0.1) is 12.2 Å². The summed E-state index contributed by atoms with van der Waals surface area (Å²) in [5.41, 5.74) is 2.46. The molecule has 2 aromatic carbocycles. The molecule has 2 aliphatic rings. The van der Waals surface area contributed by atoms with Gasteiger partial charge in [-0.1, -0.05) is 62.4 Å². The van der Waals surface area contributed by atoms with Gasteiger partial charge in [-0.2, -0.15) is 0 Å². The zero-order chi connectivity index (χ0) is 20.1. The van der Waals surface area contributed by atoms with E-state index in [4.69, 9.17) is 4.74 Å². The standard InChI is InChI=1S/C24H28N2O3/c27-23(14-11-18-7-3-1-4-8-18)25-20-12-13-22-21(15-20)26(24(28)17-29-22)16-19-9-5-2-6-10-19/h2,5-6,9-10,12-13,15,18H,1,3-4,7-8,11,14,16-17H2,(H,25,27). The molecule has 2 amide bonds. The Morgan fingerprint density at radius 1 is 1.07 bits per heavy atom. The summed E-state index contributed by atoms with van der Waals surface area (Å²) in [5, 5.41) is 3.00. The first-order valence-electron chi connectivity index (χ1n) is 10.6. The van der Waals surface area contributed by atoms with E-state index in [-0.39, 0.29) is 18.4 Å². The van der Waals surface area contributed by atoms with Crippen LogP contribution in [0.5, 0.6) is 5.75 Å². The van der Waals surface area contributed by atoms with E-state index in [2.05, 4.69) is 5.32 Å². The molecule has 29 heavy (non-hydrogen) atoms. The Morgan fingerprint density at radius 3 is 2.66 bits per heavy atom. The Bertz CT molecular complexity index is 860. The van der Waals surface area contributed by atoms with Crippen molar-refractivity contribution in [2.45, 2.75) is 51.5 Å². The molecule has 0 aromatic heterocycles. The molecule has 0 saturated heterocycles. The van der Waals surface area contributed by atoms with Gasteiger partial charge in [0, 0.05) is 12.1 Å². The first-order valence-corrected chi connectivity index (χ1v) is 10.6. The lowest BCUT2D eigenvalue weighted by molar-refractivity contribution is -0.121. The molecule has 0 spiro atoms. The van der Waals surface area contributed by atoms with Crippen LogP contribution in [0.1, 0.15) is 50.5 Å². The minimum absolute atomic E-state index is 0.0347. The smallest absolute Gasteiger partial charge is 0.265 e. The minimum Gasteiger partial charge on any atom is -0.482 e. The Balaban J connectivity index is 1.43. The predicted molar refractivity (Wildman–Crippen MR) is 114 cm³/mol. The fourth-order valence-corrected chi connectivity index (χ4v) is 4.25. The van der Waals surface area contributed by atoms with Gasteiger partial charge in [0.2, 0.25) is 5.91 Å². The van der Waals surface area contributed by atoms with E-state index in [1.807, 2.05) is 48.5 Å². The van der Waals surface area contributed by atoms with Crippen molar-refractivity contribution in [2.24, 2.45) is 5.92 Å². The summed E-state index contributed by atoms with van der Waals surface area (Å²) in [4.78, 5) is 26.7. The second-order valence-electron chi connectivity index (χ2n) is 8.03. The lowest BCUT2D eigenvalue weighted by Crippen LogP contribution is -2.38. The van der Waals surface area contributed by atoms with Crippen molar-refractivity contribution < 1.29 is 14.3 Å². The fourth-order valence-electron chi connectivity index (χ4n) is 4.25. The summed E-state index contributed by atoms with van der Waals surface area (Å²) in [7, 11) is 0. The van der Waals surface area contributed by atoms with Crippen molar-refractivity contribution in [3.63, 3.8) is 0 Å². The molecular weight excluding hydrogens is 364 g/mol. The molecular formula is C24H28N2O3. The van der Waals surface area contributed by atoms with E-state index in [9.17, 15) is 9.59 Å². The summed E-state index contributed by atoms with van der Waals surface area (Å²) in [6.07, 6.45) is 7.92. The van der Waals surface area contributed by atoms with Gasteiger partial charge in [0.1, 0.15) is 5.75 Å². The molecule has 0 radical (unpaired) electrons. The second-order valence-corrected chi connectivity index (χ2v) is 8.03. The van der Waals surface area contributed by atoms with Gasteiger partial charge in [-0.25, -0.2) is 0 Å². The highest BCUT2D eigenvalue weighted by molar-refractivity contribution is 5.99. The molecule has 5 nitrogen and oxygen atoms in total. The van der Waals surface area contributed by atoms with Crippen LogP contribution in [0, 0.1) is 5.92 Å². The molecule has 1 saturated carbocycles. The lowest BCUT2D eigenvalue weighted by atomic mass is 9.86. The predicted octanol–water partition coefficient (Wildman–Crippen LogP) is 4.91. The zero-order valence-electron chi connectivity index (χ0n) is 16.7. The Morgan fingerprint density at radius 2 is 1.86 bits per heavy atom. The van der Waals surface area contributed by atoms with Crippen molar-refractivity contribution in [3.8, 4) is 5.75 Å². The summed E-state index contributed by atoms with van der Waals surface area (Å²) in [6.45, 7) is 0.516. The molecule has 1 fully saturated rings. The van der Waals surface area contributed by atoms with Crippen LogP contribution in [0.2, 0.25) is 0 Å². The number of carbonyl (C=O) groups is 2. The van der Waals surface area contributed by atoms with E-state index in [0.717, 1.165) is 12.0 Å². The summed E-state index contributed by atoms with van der Waals surface area (Å²) < 4.78 is 5.59. The number of fused-ring (bicyclic) bond motifs is 1. The van der Waals surface area contributed by atoms with Gasteiger partial charge in [-0.3, -0.25) is 9.59 Å². The van der Waals surface area contributed by atoms with Crippen molar-refractivity contribution in [1.29, 1.82) is 0 Å². The number of nitrogens with one attached hydrogen (secondary N) is 1. The van der Waals surface area contributed by atoms with E-state index in [0.29, 0.717) is 36.0 Å². The molecule has 1 aliphatic carbocycles. The molecule has 0 atom stereocenters. The Kier molecular flexibility index (Phi) is 6.13. The highest BCUT2D eigenvalue weighted by Gasteiger charge is 2.26. The number of nitrogens with zero attached hydrogens (tertiary/aromatic N) is 1. The minimum atomic E-state index is -0.0814. The molecule has 5 heteroatoms. The van der Waals surface area contributed by atoms with Gasteiger partial charge in [0.15, 0.2) is 6.61 Å². The van der Waals surface area contributed by atoms with Crippen LogP contribution in [0.3, 0.4) is 0 Å². The summed E-state index contributed by atoms with van der Waals surface area (Å²) in [6, 6.07) is 15.4. The van der Waals surface area contributed by atoms with Crippen LogP contribution in [0.15, 0.2) is 48.5 Å². The van der Waals surface area contributed by atoms with Gasteiger partial charge in [-0.15, -0.1) is 0 Å². The molecule has 152 valence electrons. The molecule has 0 bridgehead atoms. The average Bonchev–Trinajstić information content (AvgIpc) is 2.76. The first-order chi connectivity index (χ1) is 14.2. The quantitative estimate of drug-likeness (QED) is 0.760. The lowest BCUT2D eigenvalue weighted by Gasteiger charge is -2.30. The van der Waals surface area contributed by atoms with Crippen LogP contribution >= 0.6 is 0 Å². The van der Waals surface area contributed by atoms with Crippen molar-refractivity contribution in [2.75, 3.05) is 16.8 Å². The van der Waals surface area contributed by atoms with Gasteiger partial charge in [0.25, 0.3) is 5.91 Å². The third-order valence-corrected chi connectivity index (χ3v) is 5.87. The van der Waals surface area contributed by atoms with Crippen LogP contribution < -0.4 is 15.0 Å². The molecule has 0 unspecified atom stereocenters. The van der Waals surface area contributed by atoms with Gasteiger partial charge < -0.3 is 15.0 Å². The average molecular weight is 392 g/mol.